The fourth-order valence-electron chi connectivity index (χ4n) is 2.25. The molecule has 20 heavy (non-hydrogen) atoms. The molecule has 0 radical (unpaired) electrons. The van der Waals surface area contributed by atoms with Crippen LogP contribution >= 0.6 is 0 Å². The molecule has 0 unspecified atom stereocenters. The van der Waals surface area contributed by atoms with E-state index in [2.05, 4.69) is 0 Å². The summed E-state index contributed by atoms with van der Waals surface area (Å²) in [5, 5.41) is 0.998. The molecule has 0 aliphatic carbocycles. The van der Waals surface area contributed by atoms with Crippen LogP contribution in [0.25, 0.3) is 10.9 Å². The average molecular weight is 271 g/mol. The SMILES string of the molecule is O=Cc1ccc2ccn(Cc3ccc(F)c(F)c3)c2c1. The molecule has 2 nitrogen and oxygen atoms in total. The lowest BCUT2D eigenvalue weighted by atomic mass is 10.1. The molecule has 0 saturated heterocycles. The van der Waals surface area contributed by atoms with Crippen LogP contribution in [0, 0.1) is 11.6 Å². The Morgan fingerprint density at radius 1 is 1.00 bits per heavy atom. The van der Waals surface area contributed by atoms with Gasteiger partial charge in [-0.2, -0.15) is 0 Å². The Labute approximate surface area is 114 Å². The first kappa shape index (κ1) is 12.5. The second-order valence-electron chi connectivity index (χ2n) is 4.63. The zero-order valence-electron chi connectivity index (χ0n) is 10.5. The number of hydrogen-bond donors (Lipinski definition) is 0. The summed E-state index contributed by atoms with van der Waals surface area (Å²) in [4.78, 5) is 10.8. The Morgan fingerprint density at radius 3 is 2.60 bits per heavy atom. The van der Waals surface area contributed by atoms with Crippen LogP contribution < -0.4 is 0 Å². The minimum absolute atomic E-state index is 0.420. The first-order chi connectivity index (χ1) is 9.67. The number of aldehydes is 1. The zero-order valence-corrected chi connectivity index (χ0v) is 10.5. The summed E-state index contributed by atoms with van der Waals surface area (Å²) in [6.45, 7) is 0.420. The van der Waals surface area contributed by atoms with Gasteiger partial charge in [-0.25, -0.2) is 8.78 Å². The molecule has 0 aliphatic heterocycles. The van der Waals surface area contributed by atoms with Crippen molar-refractivity contribution < 1.29 is 13.6 Å². The number of carbonyl (C=O) groups is 1. The largest absolute Gasteiger partial charge is 0.343 e. The number of aromatic nitrogens is 1. The Hall–Kier alpha value is -2.49. The monoisotopic (exact) mass is 271 g/mol. The molecule has 0 atom stereocenters. The van der Waals surface area contributed by atoms with Crippen LogP contribution in [0.2, 0.25) is 0 Å². The predicted molar refractivity (Wildman–Crippen MR) is 72.8 cm³/mol. The highest BCUT2D eigenvalue weighted by molar-refractivity contribution is 5.87. The van der Waals surface area contributed by atoms with Gasteiger partial charge in [0.15, 0.2) is 11.6 Å². The second kappa shape index (κ2) is 4.89. The molecule has 100 valence electrons. The van der Waals surface area contributed by atoms with Crippen molar-refractivity contribution in [2.45, 2.75) is 6.54 Å². The molecule has 1 heterocycles. The predicted octanol–water partition coefficient (Wildman–Crippen LogP) is 3.78. The number of fused-ring (bicyclic) bond motifs is 1. The van der Waals surface area contributed by atoms with Gasteiger partial charge in [-0.1, -0.05) is 18.2 Å². The van der Waals surface area contributed by atoms with Gasteiger partial charge in [0.25, 0.3) is 0 Å². The van der Waals surface area contributed by atoms with E-state index < -0.39 is 11.6 Å². The molecule has 3 aromatic rings. The highest BCUT2D eigenvalue weighted by Gasteiger charge is 2.06. The van der Waals surface area contributed by atoms with Crippen LogP contribution in [0.1, 0.15) is 15.9 Å². The van der Waals surface area contributed by atoms with Crippen LogP contribution in [0.4, 0.5) is 8.78 Å². The topological polar surface area (TPSA) is 22.0 Å². The van der Waals surface area contributed by atoms with Crippen molar-refractivity contribution in [1.29, 1.82) is 0 Å². The summed E-state index contributed by atoms with van der Waals surface area (Å²) in [6.07, 6.45) is 2.65. The summed E-state index contributed by atoms with van der Waals surface area (Å²) < 4.78 is 28.0. The van der Waals surface area contributed by atoms with E-state index >= 15 is 0 Å². The third kappa shape index (κ3) is 2.20. The van der Waals surface area contributed by atoms with Gasteiger partial charge in [0, 0.05) is 23.8 Å². The number of rotatable bonds is 3. The molecule has 2 aromatic carbocycles. The lowest BCUT2D eigenvalue weighted by molar-refractivity contribution is 0.112. The lowest BCUT2D eigenvalue weighted by Gasteiger charge is -2.06. The van der Waals surface area contributed by atoms with Crippen LogP contribution in [0.5, 0.6) is 0 Å². The zero-order chi connectivity index (χ0) is 14.1. The maximum Gasteiger partial charge on any atom is 0.159 e. The fraction of sp³-hybridized carbons (Fsp3) is 0.0625. The van der Waals surface area contributed by atoms with Gasteiger partial charge < -0.3 is 4.57 Å². The van der Waals surface area contributed by atoms with Gasteiger partial charge in [0.2, 0.25) is 0 Å². The average Bonchev–Trinajstić information content (AvgIpc) is 2.85. The normalized spacial score (nSPS) is 10.9. The van der Waals surface area contributed by atoms with Crippen LogP contribution in [0.3, 0.4) is 0 Å². The smallest absolute Gasteiger partial charge is 0.159 e. The Morgan fingerprint density at radius 2 is 1.85 bits per heavy atom. The van der Waals surface area contributed by atoms with E-state index in [4.69, 9.17) is 0 Å². The van der Waals surface area contributed by atoms with E-state index in [-0.39, 0.29) is 0 Å². The maximum absolute atomic E-state index is 13.2. The van der Waals surface area contributed by atoms with E-state index in [9.17, 15) is 13.6 Å². The minimum atomic E-state index is -0.854. The van der Waals surface area contributed by atoms with Crippen molar-refractivity contribution in [2.24, 2.45) is 0 Å². The van der Waals surface area contributed by atoms with Gasteiger partial charge in [0.1, 0.15) is 6.29 Å². The van der Waals surface area contributed by atoms with E-state index in [1.165, 1.54) is 6.07 Å². The van der Waals surface area contributed by atoms with Gasteiger partial charge in [-0.05, 0) is 35.2 Å². The molecule has 0 bridgehead atoms. The molecular formula is C16H11F2NO. The van der Waals surface area contributed by atoms with E-state index in [0.29, 0.717) is 17.7 Å². The number of benzene rings is 2. The Balaban J connectivity index is 2.01. The summed E-state index contributed by atoms with van der Waals surface area (Å²) in [6, 6.07) is 11.2. The molecule has 1 aromatic heterocycles. The van der Waals surface area contributed by atoms with Gasteiger partial charge >= 0.3 is 0 Å². The second-order valence-corrected chi connectivity index (χ2v) is 4.63. The molecule has 0 saturated carbocycles. The van der Waals surface area contributed by atoms with E-state index in [1.807, 2.05) is 22.9 Å². The molecule has 0 amide bonds. The first-order valence-electron chi connectivity index (χ1n) is 6.15. The third-order valence-electron chi connectivity index (χ3n) is 3.27. The van der Waals surface area contributed by atoms with Crippen LogP contribution in [0.15, 0.2) is 48.7 Å². The van der Waals surface area contributed by atoms with Crippen LogP contribution in [-0.4, -0.2) is 10.9 Å². The number of nitrogens with zero attached hydrogens (tertiary/aromatic N) is 1. The molecule has 3 rings (SSSR count). The summed E-state index contributed by atoms with van der Waals surface area (Å²) in [7, 11) is 0. The lowest BCUT2D eigenvalue weighted by Crippen LogP contribution is -1.99. The van der Waals surface area contributed by atoms with Crippen molar-refractivity contribution in [1.82, 2.24) is 4.57 Å². The van der Waals surface area contributed by atoms with Crippen LogP contribution in [-0.2, 0) is 6.54 Å². The molecule has 0 N–H and O–H groups in total. The Kier molecular flexibility index (Phi) is 3.06. The van der Waals surface area contributed by atoms with Crippen molar-refractivity contribution in [3.63, 3.8) is 0 Å². The summed E-state index contributed by atoms with van der Waals surface area (Å²) in [5.41, 5.74) is 2.14. The third-order valence-corrected chi connectivity index (χ3v) is 3.27. The molecular weight excluding hydrogens is 260 g/mol. The summed E-state index contributed by atoms with van der Waals surface area (Å²) in [5.74, 6) is -1.71. The molecule has 0 spiro atoms. The molecule has 0 fully saturated rings. The first-order valence-corrected chi connectivity index (χ1v) is 6.15. The van der Waals surface area contributed by atoms with Crippen molar-refractivity contribution >= 4 is 17.2 Å². The van der Waals surface area contributed by atoms with E-state index in [1.54, 1.807) is 18.2 Å². The van der Waals surface area contributed by atoms with Gasteiger partial charge in [0.05, 0.1) is 0 Å². The van der Waals surface area contributed by atoms with E-state index in [0.717, 1.165) is 23.3 Å². The number of hydrogen-bond acceptors (Lipinski definition) is 1. The molecule has 4 heteroatoms. The Bertz CT molecular complexity index is 792. The minimum Gasteiger partial charge on any atom is -0.343 e. The fourth-order valence-corrected chi connectivity index (χ4v) is 2.25. The summed E-state index contributed by atoms with van der Waals surface area (Å²) >= 11 is 0. The van der Waals surface area contributed by atoms with Crippen molar-refractivity contribution in [3.8, 4) is 0 Å². The quantitative estimate of drug-likeness (QED) is 0.664. The highest BCUT2D eigenvalue weighted by Crippen LogP contribution is 2.19. The maximum atomic E-state index is 13.2. The van der Waals surface area contributed by atoms with Crippen molar-refractivity contribution in [2.75, 3.05) is 0 Å². The highest BCUT2D eigenvalue weighted by atomic mass is 19.2. The molecule has 0 aliphatic rings. The number of halogens is 2. The van der Waals surface area contributed by atoms with Crippen molar-refractivity contribution in [3.05, 3.63) is 71.4 Å². The standard InChI is InChI=1S/C16H11F2NO/c17-14-4-2-11(7-15(14)18)9-19-6-5-13-3-1-12(10-20)8-16(13)19/h1-8,10H,9H2. The van der Waals surface area contributed by atoms with Gasteiger partial charge in [-0.15, -0.1) is 0 Å². The number of carbonyl (C=O) groups excluding carboxylic acids is 1. The van der Waals surface area contributed by atoms with Gasteiger partial charge in [-0.3, -0.25) is 4.79 Å².